The van der Waals surface area contributed by atoms with Gasteiger partial charge in [-0.3, -0.25) is 9.69 Å². The summed E-state index contributed by atoms with van der Waals surface area (Å²) in [6, 6.07) is 0. The molecule has 0 spiro atoms. The average Bonchev–Trinajstić information content (AvgIpc) is 2.75. The molecule has 1 aliphatic heterocycles. The molecule has 1 aromatic rings. The molecular weight excluding hydrogens is 250 g/mol. The van der Waals surface area contributed by atoms with Crippen LogP contribution in [0.4, 0.5) is 0 Å². The molecule has 1 atom stereocenters. The van der Waals surface area contributed by atoms with Gasteiger partial charge in [0.05, 0.1) is 10.7 Å². The van der Waals surface area contributed by atoms with Crippen LogP contribution in [0.1, 0.15) is 23.5 Å². The van der Waals surface area contributed by atoms with Gasteiger partial charge in [0.25, 0.3) is 0 Å². The van der Waals surface area contributed by atoms with E-state index >= 15 is 0 Å². The zero-order chi connectivity index (χ0) is 13.1. The van der Waals surface area contributed by atoms with E-state index in [1.165, 1.54) is 0 Å². The van der Waals surface area contributed by atoms with Gasteiger partial charge in [-0.25, -0.2) is 4.98 Å². The van der Waals surface area contributed by atoms with Crippen LogP contribution < -0.4 is 5.73 Å². The molecule has 1 saturated heterocycles. The Morgan fingerprint density at radius 1 is 1.67 bits per heavy atom. The van der Waals surface area contributed by atoms with Gasteiger partial charge >= 0.3 is 0 Å². The van der Waals surface area contributed by atoms with Gasteiger partial charge in [-0.15, -0.1) is 11.3 Å². The number of primary amides is 1. The molecule has 100 valence electrons. The van der Waals surface area contributed by atoms with Gasteiger partial charge in [0.15, 0.2) is 0 Å². The first-order valence-electron chi connectivity index (χ1n) is 6.17. The monoisotopic (exact) mass is 269 g/mol. The van der Waals surface area contributed by atoms with Crippen molar-refractivity contribution in [1.29, 1.82) is 0 Å². The van der Waals surface area contributed by atoms with Crippen LogP contribution in [0.5, 0.6) is 0 Å². The summed E-state index contributed by atoms with van der Waals surface area (Å²) in [5, 5.41) is 12.8. The second-order valence-corrected chi connectivity index (χ2v) is 5.88. The highest BCUT2D eigenvalue weighted by Crippen LogP contribution is 2.22. The van der Waals surface area contributed by atoms with Gasteiger partial charge in [-0.05, 0) is 38.8 Å². The summed E-state index contributed by atoms with van der Waals surface area (Å²) in [5.74, 6) is -0.598. The van der Waals surface area contributed by atoms with Gasteiger partial charge < -0.3 is 10.8 Å². The lowest BCUT2D eigenvalue weighted by Gasteiger charge is -2.32. The first-order chi connectivity index (χ1) is 8.56. The Kier molecular flexibility index (Phi) is 4.31. The molecule has 0 bridgehead atoms. The van der Waals surface area contributed by atoms with E-state index in [1.807, 2.05) is 6.92 Å². The van der Waals surface area contributed by atoms with Crippen molar-refractivity contribution in [2.24, 2.45) is 11.7 Å². The molecule has 3 N–H and O–H groups in total. The Morgan fingerprint density at radius 2 is 2.33 bits per heavy atom. The molecule has 0 saturated carbocycles. The van der Waals surface area contributed by atoms with Crippen molar-refractivity contribution in [2.45, 2.75) is 32.4 Å². The molecule has 0 aliphatic carbocycles. The van der Waals surface area contributed by atoms with E-state index in [0.29, 0.717) is 0 Å². The minimum absolute atomic E-state index is 0.0101. The molecule has 1 amide bonds. The molecule has 5 nitrogen and oxygen atoms in total. The predicted octanol–water partition coefficient (Wildman–Crippen LogP) is 0.510. The summed E-state index contributed by atoms with van der Waals surface area (Å²) < 4.78 is 0. The van der Waals surface area contributed by atoms with Crippen LogP contribution in [0.2, 0.25) is 0 Å². The highest BCUT2D eigenvalue weighted by atomic mass is 32.1. The number of aliphatic hydroxyl groups is 1. The first kappa shape index (κ1) is 13.5. The lowest BCUT2D eigenvalue weighted by Crippen LogP contribution is -2.42. The van der Waals surface area contributed by atoms with E-state index in [-0.39, 0.29) is 5.92 Å². The highest BCUT2D eigenvalue weighted by Gasteiger charge is 2.28. The molecule has 2 rings (SSSR count). The summed E-state index contributed by atoms with van der Waals surface area (Å²) in [7, 11) is 0. The van der Waals surface area contributed by atoms with Gasteiger partial charge in [-0.2, -0.15) is 0 Å². The number of nitrogens with zero attached hydrogens (tertiary/aromatic N) is 2. The maximum Gasteiger partial charge on any atom is 0.246 e. The Morgan fingerprint density at radius 3 is 2.83 bits per heavy atom. The minimum Gasteiger partial charge on any atom is -0.383 e. The third-order valence-electron chi connectivity index (χ3n) is 3.42. The van der Waals surface area contributed by atoms with Crippen LogP contribution >= 0.6 is 11.3 Å². The van der Waals surface area contributed by atoms with E-state index in [0.717, 1.165) is 43.2 Å². The molecule has 0 aromatic carbocycles. The Balaban J connectivity index is 1.81. The molecule has 1 aromatic heterocycles. The zero-order valence-electron chi connectivity index (χ0n) is 10.5. The number of nitrogens with two attached hydrogens (primary N) is 1. The van der Waals surface area contributed by atoms with Crippen LogP contribution in [0.3, 0.4) is 0 Å². The third kappa shape index (κ3) is 3.28. The van der Waals surface area contributed by atoms with Crippen molar-refractivity contribution in [3.63, 3.8) is 0 Å². The number of hydrogen-bond acceptors (Lipinski definition) is 5. The lowest BCUT2D eigenvalue weighted by molar-refractivity contribution is -0.129. The Bertz CT molecular complexity index is 413. The number of likely N-dealkylation sites (tertiary alicyclic amines) is 1. The van der Waals surface area contributed by atoms with Crippen molar-refractivity contribution in [3.05, 3.63) is 16.1 Å². The number of aliphatic hydroxyl groups excluding tert-OH is 1. The lowest BCUT2D eigenvalue weighted by atomic mass is 9.91. The molecule has 1 unspecified atom stereocenters. The number of piperidine rings is 1. The SMILES string of the molecule is Cc1nc(CN2CCC(C(O)C(N)=O)CC2)cs1. The molecule has 18 heavy (non-hydrogen) atoms. The standard InChI is InChI=1S/C12H19N3O2S/c1-8-14-10(7-18-8)6-15-4-2-9(3-5-15)11(16)12(13)17/h7,9,11,16H,2-6H2,1H3,(H2,13,17). The smallest absolute Gasteiger partial charge is 0.246 e. The van der Waals surface area contributed by atoms with Crippen LogP contribution in [0, 0.1) is 12.8 Å². The van der Waals surface area contributed by atoms with E-state index in [9.17, 15) is 9.90 Å². The zero-order valence-corrected chi connectivity index (χ0v) is 11.3. The maximum absolute atomic E-state index is 10.9. The Hall–Kier alpha value is -0.980. The molecule has 0 radical (unpaired) electrons. The fraction of sp³-hybridized carbons (Fsp3) is 0.667. The largest absolute Gasteiger partial charge is 0.383 e. The predicted molar refractivity (Wildman–Crippen MR) is 70.1 cm³/mol. The van der Waals surface area contributed by atoms with Gasteiger partial charge in [0, 0.05) is 11.9 Å². The number of aromatic nitrogens is 1. The second kappa shape index (κ2) is 5.77. The fourth-order valence-electron chi connectivity index (χ4n) is 2.37. The van der Waals surface area contributed by atoms with Crippen molar-refractivity contribution < 1.29 is 9.90 Å². The van der Waals surface area contributed by atoms with Crippen LogP contribution in [0.15, 0.2) is 5.38 Å². The fourth-order valence-corrected chi connectivity index (χ4v) is 2.97. The van der Waals surface area contributed by atoms with Gasteiger partial charge in [-0.1, -0.05) is 0 Å². The van der Waals surface area contributed by atoms with Crippen molar-refractivity contribution in [1.82, 2.24) is 9.88 Å². The van der Waals surface area contributed by atoms with Crippen molar-refractivity contribution in [3.8, 4) is 0 Å². The number of carbonyl (C=O) groups is 1. The second-order valence-electron chi connectivity index (χ2n) is 4.82. The number of amides is 1. The molecular formula is C12H19N3O2S. The first-order valence-corrected chi connectivity index (χ1v) is 7.05. The molecule has 1 fully saturated rings. The van der Waals surface area contributed by atoms with Crippen LogP contribution in [0.25, 0.3) is 0 Å². The van der Waals surface area contributed by atoms with Crippen molar-refractivity contribution >= 4 is 17.2 Å². The van der Waals surface area contributed by atoms with Crippen LogP contribution in [-0.2, 0) is 11.3 Å². The summed E-state index contributed by atoms with van der Waals surface area (Å²) in [6.45, 7) is 4.62. The molecule has 6 heteroatoms. The quantitative estimate of drug-likeness (QED) is 0.834. The van der Waals surface area contributed by atoms with Gasteiger partial charge in [0.1, 0.15) is 6.10 Å². The molecule has 2 heterocycles. The summed E-state index contributed by atoms with van der Waals surface area (Å²) >= 11 is 1.66. The summed E-state index contributed by atoms with van der Waals surface area (Å²) in [5.41, 5.74) is 6.22. The highest BCUT2D eigenvalue weighted by molar-refractivity contribution is 7.09. The Labute approximate surface area is 111 Å². The van der Waals surface area contributed by atoms with Gasteiger partial charge in [0.2, 0.25) is 5.91 Å². The summed E-state index contributed by atoms with van der Waals surface area (Å²) in [4.78, 5) is 17.7. The minimum atomic E-state index is -0.992. The van der Waals surface area contributed by atoms with E-state index < -0.39 is 12.0 Å². The number of hydrogen-bond donors (Lipinski definition) is 2. The van der Waals surface area contributed by atoms with E-state index in [1.54, 1.807) is 11.3 Å². The number of thiazole rings is 1. The number of rotatable bonds is 4. The number of aryl methyl sites for hydroxylation is 1. The third-order valence-corrected chi connectivity index (χ3v) is 4.24. The van der Waals surface area contributed by atoms with E-state index in [4.69, 9.17) is 5.73 Å². The van der Waals surface area contributed by atoms with E-state index in [2.05, 4.69) is 15.3 Å². The summed E-state index contributed by atoms with van der Waals surface area (Å²) in [6.07, 6.45) is 0.633. The number of carbonyl (C=O) groups excluding carboxylic acids is 1. The average molecular weight is 269 g/mol. The maximum atomic E-state index is 10.9. The van der Waals surface area contributed by atoms with Crippen molar-refractivity contribution in [2.75, 3.05) is 13.1 Å². The molecule has 1 aliphatic rings. The normalized spacial score (nSPS) is 19.9. The topological polar surface area (TPSA) is 79.4 Å². The van der Waals surface area contributed by atoms with Crippen LogP contribution in [-0.4, -0.2) is 40.1 Å².